The average Bonchev–Trinajstić information content (AvgIpc) is 3.66. The predicted molar refractivity (Wildman–Crippen MR) is 122 cm³/mol. The van der Waals surface area contributed by atoms with Crippen molar-refractivity contribution in [3.63, 3.8) is 0 Å². The van der Waals surface area contributed by atoms with E-state index in [1.54, 1.807) is 43.4 Å². The van der Waals surface area contributed by atoms with Crippen molar-refractivity contribution < 1.29 is 23.1 Å². The van der Waals surface area contributed by atoms with E-state index in [2.05, 4.69) is 9.97 Å². The molecule has 2 heterocycles. The molecule has 1 aromatic heterocycles. The number of aliphatic hydroxyl groups excluding tert-OH is 1. The number of likely N-dealkylation sites (N-methyl/N-ethyl adjacent to an activating group) is 1. The van der Waals surface area contributed by atoms with Gasteiger partial charge in [-0.05, 0) is 37.5 Å². The third kappa shape index (κ3) is 4.87. The molecule has 1 aliphatic carbocycles. The second-order valence-corrected chi connectivity index (χ2v) is 10.9. The van der Waals surface area contributed by atoms with E-state index in [4.69, 9.17) is 4.74 Å². The van der Waals surface area contributed by atoms with Crippen molar-refractivity contribution in [3.05, 3.63) is 36.9 Å². The van der Waals surface area contributed by atoms with Crippen molar-refractivity contribution in [2.75, 3.05) is 26.7 Å². The SMILES string of the molecule is C[C@H](CO)N1C[C@H](C)[C@H](CN(C)C(=O)C2CC2)Oc2cc(-c3cncnc3)ccc2S1(=O)=O. The van der Waals surface area contributed by atoms with Gasteiger partial charge in [-0.1, -0.05) is 13.0 Å². The van der Waals surface area contributed by atoms with Gasteiger partial charge in [0.15, 0.2) is 0 Å². The van der Waals surface area contributed by atoms with Crippen molar-refractivity contribution in [3.8, 4) is 16.9 Å². The molecule has 0 spiro atoms. The smallest absolute Gasteiger partial charge is 0.247 e. The van der Waals surface area contributed by atoms with Crippen molar-refractivity contribution in [2.24, 2.45) is 11.8 Å². The molecule has 4 rings (SSSR count). The van der Waals surface area contributed by atoms with Crippen LogP contribution < -0.4 is 4.74 Å². The molecule has 3 atom stereocenters. The van der Waals surface area contributed by atoms with Gasteiger partial charge >= 0.3 is 0 Å². The van der Waals surface area contributed by atoms with Crippen LogP contribution in [0, 0.1) is 11.8 Å². The number of aliphatic hydroxyl groups is 1. The number of ether oxygens (including phenoxy) is 1. The van der Waals surface area contributed by atoms with E-state index in [-0.39, 0.29) is 41.5 Å². The molecule has 10 heteroatoms. The maximum atomic E-state index is 13.6. The van der Waals surface area contributed by atoms with E-state index in [0.717, 1.165) is 24.0 Å². The first-order valence-corrected chi connectivity index (χ1v) is 12.6. The van der Waals surface area contributed by atoms with Gasteiger partial charge in [0.25, 0.3) is 0 Å². The molecule has 178 valence electrons. The monoisotopic (exact) mass is 474 g/mol. The molecule has 1 amide bonds. The number of hydrogen-bond acceptors (Lipinski definition) is 7. The Hall–Kier alpha value is -2.56. The summed E-state index contributed by atoms with van der Waals surface area (Å²) in [5.41, 5.74) is 1.45. The number of sulfonamides is 1. The summed E-state index contributed by atoms with van der Waals surface area (Å²) in [6.45, 7) is 3.81. The zero-order chi connectivity index (χ0) is 23.8. The summed E-state index contributed by atoms with van der Waals surface area (Å²) in [5.74, 6) is 0.175. The van der Waals surface area contributed by atoms with E-state index in [9.17, 15) is 18.3 Å². The van der Waals surface area contributed by atoms with E-state index in [0.29, 0.717) is 6.54 Å². The Morgan fingerprint density at radius 2 is 1.97 bits per heavy atom. The van der Waals surface area contributed by atoms with Crippen LogP contribution in [-0.2, 0) is 14.8 Å². The van der Waals surface area contributed by atoms with Crippen molar-refractivity contribution in [1.82, 2.24) is 19.2 Å². The van der Waals surface area contributed by atoms with E-state index in [1.807, 2.05) is 6.92 Å². The number of amides is 1. The topological polar surface area (TPSA) is 113 Å². The molecule has 0 saturated heterocycles. The van der Waals surface area contributed by atoms with Gasteiger partial charge in [0, 0.05) is 49.4 Å². The van der Waals surface area contributed by atoms with Gasteiger partial charge in [0.2, 0.25) is 15.9 Å². The normalized spacial score (nSPS) is 23.5. The van der Waals surface area contributed by atoms with Crippen LogP contribution in [0.15, 0.2) is 41.8 Å². The highest BCUT2D eigenvalue weighted by molar-refractivity contribution is 7.89. The van der Waals surface area contributed by atoms with E-state index >= 15 is 0 Å². The number of rotatable bonds is 6. The van der Waals surface area contributed by atoms with Gasteiger partial charge in [-0.15, -0.1) is 0 Å². The van der Waals surface area contributed by atoms with Crippen LogP contribution >= 0.6 is 0 Å². The minimum absolute atomic E-state index is 0.0384. The minimum atomic E-state index is -3.92. The molecular formula is C23H30N4O5S. The molecule has 9 nitrogen and oxygen atoms in total. The lowest BCUT2D eigenvalue weighted by atomic mass is 10.0. The highest BCUT2D eigenvalue weighted by Crippen LogP contribution is 2.37. The molecule has 2 aliphatic rings. The number of carbonyl (C=O) groups is 1. The Balaban J connectivity index is 1.76. The first-order valence-electron chi connectivity index (χ1n) is 11.2. The molecule has 2 aromatic rings. The number of benzene rings is 1. The first kappa shape index (κ1) is 23.6. The van der Waals surface area contributed by atoms with Gasteiger partial charge in [-0.25, -0.2) is 18.4 Å². The lowest BCUT2D eigenvalue weighted by Crippen LogP contribution is -2.50. The lowest BCUT2D eigenvalue weighted by Gasteiger charge is -2.37. The molecule has 33 heavy (non-hydrogen) atoms. The minimum Gasteiger partial charge on any atom is -0.487 e. The fraction of sp³-hybridized carbons (Fsp3) is 0.522. The summed E-state index contributed by atoms with van der Waals surface area (Å²) in [7, 11) is -2.16. The molecule has 0 bridgehead atoms. The fourth-order valence-electron chi connectivity index (χ4n) is 4.07. The molecule has 0 unspecified atom stereocenters. The first-order chi connectivity index (χ1) is 15.7. The van der Waals surface area contributed by atoms with Gasteiger partial charge < -0.3 is 14.7 Å². The third-order valence-electron chi connectivity index (χ3n) is 6.32. The van der Waals surface area contributed by atoms with E-state index in [1.165, 1.54) is 16.7 Å². The number of nitrogens with zero attached hydrogens (tertiary/aromatic N) is 4. The van der Waals surface area contributed by atoms with Gasteiger partial charge in [0.05, 0.1) is 13.2 Å². The Labute approximate surface area is 194 Å². The maximum absolute atomic E-state index is 13.6. The van der Waals surface area contributed by atoms with Crippen LogP contribution in [0.4, 0.5) is 0 Å². The van der Waals surface area contributed by atoms with Crippen LogP contribution in [0.3, 0.4) is 0 Å². The molecule has 1 saturated carbocycles. The van der Waals surface area contributed by atoms with Crippen LogP contribution in [0.25, 0.3) is 11.1 Å². The van der Waals surface area contributed by atoms with Crippen molar-refractivity contribution >= 4 is 15.9 Å². The summed E-state index contributed by atoms with van der Waals surface area (Å²) in [4.78, 5) is 22.4. The predicted octanol–water partition coefficient (Wildman–Crippen LogP) is 1.78. The molecule has 1 aliphatic heterocycles. The summed E-state index contributed by atoms with van der Waals surface area (Å²) < 4.78 is 34.8. The molecular weight excluding hydrogens is 444 g/mol. The summed E-state index contributed by atoms with van der Waals surface area (Å²) in [6.07, 6.45) is 6.12. The number of fused-ring (bicyclic) bond motifs is 1. The van der Waals surface area contributed by atoms with Gasteiger partial charge in [-0.3, -0.25) is 4.79 Å². The zero-order valence-corrected chi connectivity index (χ0v) is 19.9. The van der Waals surface area contributed by atoms with Crippen LogP contribution in [-0.4, -0.2) is 77.5 Å². The lowest BCUT2D eigenvalue weighted by molar-refractivity contribution is -0.132. The number of hydrogen-bond donors (Lipinski definition) is 1. The Bertz CT molecular complexity index is 1110. The Morgan fingerprint density at radius 3 is 2.61 bits per heavy atom. The maximum Gasteiger partial charge on any atom is 0.247 e. The van der Waals surface area contributed by atoms with Crippen LogP contribution in [0.2, 0.25) is 0 Å². The van der Waals surface area contributed by atoms with Crippen molar-refractivity contribution in [2.45, 2.75) is 43.7 Å². The second-order valence-electron chi connectivity index (χ2n) is 9.02. The highest BCUT2D eigenvalue weighted by atomic mass is 32.2. The second kappa shape index (κ2) is 9.36. The van der Waals surface area contributed by atoms with Gasteiger partial charge in [0.1, 0.15) is 23.1 Å². The van der Waals surface area contributed by atoms with E-state index < -0.39 is 22.2 Å². The largest absolute Gasteiger partial charge is 0.487 e. The molecule has 1 N–H and O–H groups in total. The molecule has 1 aromatic carbocycles. The quantitative estimate of drug-likeness (QED) is 0.679. The fourth-order valence-corrected chi connectivity index (χ4v) is 5.90. The summed E-state index contributed by atoms with van der Waals surface area (Å²) >= 11 is 0. The standard InChI is InChI=1S/C23H30N4O5S/c1-15-11-27(16(2)13-28)33(30,31)22-7-6-18(19-9-24-14-25-10-19)8-20(22)32-21(15)12-26(3)23(29)17-4-5-17/h6-10,14-17,21,28H,4-5,11-13H2,1-3H3/t15-,16+,21-/m0/s1. The third-order valence-corrected chi connectivity index (χ3v) is 8.34. The average molecular weight is 475 g/mol. The zero-order valence-electron chi connectivity index (χ0n) is 19.1. The number of aromatic nitrogens is 2. The van der Waals surface area contributed by atoms with Crippen molar-refractivity contribution in [1.29, 1.82) is 0 Å². The van der Waals surface area contributed by atoms with Crippen LogP contribution in [0.1, 0.15) is 26.7 Å². The summed E-state index contributed by atoms with van der Waals surface area (Å²) in [5, 5.41) is 9.76. The highest BCUT2D eigenvalue weighted by Gasteiger charge is 2.39. The molecule has 0 radical (unpaired) electrons. The van der Waals surface area contributed by atoms with Gasteiger partial charge in [-0.2, -0.15) is 4.31 Å². The Kier molecular flexibility index (Phi) is 6.69. The van der Waals surface area contributed by atoms with Crippen LogP contribution in [0.5, 0.6) is 5.75 Å². The Morgan fingerprint density at radius 1 is 1.27 bits per heavy atom. The molecule has 1 fully saturated rings. The number of carbonyl (C=O) groups excluding carboxylic acids is 1. The summed E-state index contributed by atoms with van der Waals surface area (Å²) in [6, 6.07) is 4.30.